The number of aryl methyl sites for hydroxylation is 2. The highest BCUT2D eigenvalue weighted by atomic mass is 35.5. The van der Waals surface area contributed by atoms with Gasteiger partial charge in [-0.05, 0) is 13.3 Å². The number of carbonyl (C=O) groups is 1. The van der Waals surface area contributed by atoms with E-state index in [0.717, 1.165) is 11.5 Å². The first-order valence-electron chi connectivity index (χ1n) is 7.90. The largest absolute Gasteiger partial charge is 0.333 e. The molecule has 1 atom stereocenters. The number of fused-ring (bicyclic) bond motifs is 1. The Bertz CT molecular complexity index is 785. The Balaban J connectivity index is 1.88. The van der Waals surface area contributed by atoms with Crippen LogP contribution in [0.1, 0.15) is 23.5 Å². The van der Waals surface area contributed by atoms with E-state index in [-0.39, 0.29) is 24.0 Å². The molecule has 3 rings (SSSR count). The molecule has 0 fully saturated rings. The molecule has 0 N–H and O–H groups in total. The molecular formula is C17H17ClF3N3O. The normalized spacial score (nSPS) is 16.6. The standard InChI is InChI=1S/C17H17ClF3N3O/c1-10-7-23-8-12(2-3-16(23)22-10)24(17(25)6-18)9-13-14(20)4-11(19)5-15(13)21/h4-5,7,12H,2-3,6,8-9H2,1H3. The minimum Gasteiger partial charge on any atom is -0.333 e. The molecule has 0 aliphatic carbocycles. The number of amides is 1. The highest BCUT2D eigenvalue weighted by Crippen LogP contribution is 2.24. The molecule has 0 bridgehead atoms. The van der Waals surface area contributed by atoms with E-state index < -0.39 is 23.4 Å². The lowest BCUT2D eigenvalue weighted by atomic mass is 10.0. The molecule has 1 aliphatic rings. The predicted molar refractivity (Wildman–Crippen MR) is 86.7 cm³/mol. The van der Waals surface area contributed by atoms with Crippen LogP contribution in [-0.4, -0.2) is 32.3 Å². The van der Waals surface area contributed by atoms with Crippen molar-refractivity contribution < 1.29 is 18.0 Å². The lowest BCUT2D eigenvalue weighted by Gasteiger charge is -2.34. The summed E-state index contributed by atoms with van der Waals surface area (Å²) in [5, 5.41) is 0. The summed E-state index contributed by atoms with van der Waals surface area (Å²) < 4.78 is 43.0. The monoisotopic (exact) mass is 371 g/mol. The summed E-state index contributed by atoms with van der Waals surface area (Å²) in [5.41, 5.74) is 0.536. The topological polar surface area (TPSA) is 38.1 Å². The number of carbonyl (C=O) groups excluding carboxylic acids is 1. The molecule has 0 spiro atoms. The highest BCUT2D eigenvalue weighted by Gasteiger charge is 2.29. The van der Waals surface area contributed by atoms with E-state index in [0.29, 0.717) is 31.5 Å². The summed E-state index contributed by atoms with van der Waals surface area (Å²) in [6.45, 7) is 2.06. The van der Waals surface area contributed by atoms with E-state index in [1.54, 1.807) is 0 Å². The number of rotatable bonds is 4. The van der Waals surface area contributed by atoms with Crippen LogP contribution in [0.2, 0.25) is 0 Å². The van der Waals surface area contributed by atoms with Crippen LogP contribution in [0.15, 0.2) is 18.3 Å². The smallest absolute Gasteiger partial charge is 0.238 e. The number of halogens is 4. The lowest BCUT2D eigenvalue weighted by molar-refractivity contribution is -0.132. The summed E-state index contributed by atoms with van der Waals surface area (Å²) in [5.74, 6) is -2.82. The van der Waals surface area contributed by atoms with Crippen molar-refractivity contribution in [2.45, 2.75) is 38.9 Å². The predicted octanol–water partition coefficient (Wildman–Crippen LogP) is 3.19. The number of nitrogens with zero attached hydrogens (tertiary/aromatic N) is 3. The third-order valence-corrected chi connectivity index (χ3v) is 4.63. The Labute approximate surface area is 148 Å². The van der Waals surface area contributed by atoms with Gasteiger partial charge in [-0.3, -0.25) is 4.79 Å². The molecule has 25 heavy (non-hydrogen) atoms. The zero-order valence-electron chi connectivity index (χ0n) is 13.6. The van der Waals surface area contributed by atoms with Crippen LogP contribution in [0.5, 0.6) is 0 Å². The average Bonchev–Trinajstić information content (AvgIpc) is 2.92. The number of hydrogen-bond donors (Lipinski definition) is 0. The first-order chi connectivity index (χ1) is 11.9. The van der Waals surface area contributed by atoms with Crippen LogP contribution in [0.25, 0.3) is 0 Å². The highest BCUT2D eigenvalue weighted by molar-refractivity contribution is 6.27. The van der Waals surface area contributed by atoms with Crippen molar-refractivity contribution in [1.82, 2.24) is 14.5 Å². The fraction of sp³-hybridized carbons (Fsp3) is 0.412. The Morgan fingerprint density at radius 3 is 2.68 bits per heavy atom. The fourth-order valence-electron chi connectivity index (χ4n) is 3.21. The second-order valence-electron chi connectivity index (χ2n) is 6.15. The molecule has 2 heterocycles. The van der Waals surface area contributed by atoms with Gasteiger partial charge in [0.2, 0.25) is 5.91 Å². The summed E-state index contributed by atoms with van der Waals surface area (Å²) in [4.78, 5) is 18.0. The van der Waals surface area contributed by atoms with Gasteiger partial charge in [0.05, 0.1) is 18.3 Å². The second-order valence-corrected chi connectivity index (χ2v) is 6.41. The number of imidazole rings is 1. The minimum absolute atomic E-state index is 0.267. The summed E-state index contributed by atoms with van der Waals surface area (Å²) in [6, 6.07) is 0.955. The maximum absolute atomic E-state index is 14.0. The molecule has 4 nitrogen and oxygen atoms in total. The van der Waals surface area contributed by atoms with Crippen molar-refractivity contribution in [3.8, 4) is 0 Å². The first kappa shape index (κ1) is 17.8. The van der Waals surface area contributed by atoms with Gasteiger partial charge in [0.25, 0.3) is 0 Å². The molecule has 1 aromatic carbocycles. The molecule has 0 radical (unpaired) electrons. The Kier molecular flexibility index (Phi) is 5.03. The summed E-state index contributed by atoms with van der Waals surface area (Å²) >= 11 is 5.68. The van der Waals surface area contributed by atoms with E-state index in [2.05, 4.69) is 4.98 Å². The van der Waals surface area contributed by atoms with E-state index in [1.165, 1.54) is 4.90 Å². The van der Waals surface area contributed by atoms with E-state index in [4.69, 9.17) is 11.6 Å². The molecule has 8 heteroatoms. The average molecular weight is 372 g/mol. The van der Waals surface area contributed by atoms with Gasteiger partial charge in [-0.2, -0.15) is 0 Å². The quantitative estimate of drug-likeness (QED) is 0.774. The molecule has 1 aromatic heterocycles. The maximum Gasteiger partial charge on any atom is 0.238 e. The summed E-state index contributed by atoms with van der Waals surface area (Å²) in [7, 11) is 0. The van der Waals surface area contributed by atoms with Crippen LogP contribution in [0, 0.1) is 24.4 Å². The van der Waals surface area contributed by atoms with Gasteiger partial charge < -0.3 is 9.47 Å². The van der Waals surface area contributed by atoms with Crippen LogP contribution in [-0.2, 0) is 24.3 Å². The number of aromatic nitrogens is 2. The molecule has 2 aromatic rings. The van der Waals surface area contributed by atoms with Gasteiger partial charge in [0.1, 0.15) is 29.2 Å². The van der Waals surface area contributed by atoms with Gasteiger partial charge in [0.15, 0.2) is 0 Å². The van der Waals surface area contributed by atoms with E-state index in [1.807, 2.05) is 17.7 Å². The van der Waals surface area contributed by atoms with Gasteiger partial charge in [-0.1, -0.05) is 0 Å². The van der Waals surface area contributed by atoms with E-state index in [9.17, 15) is 18.0 Å². The Morgan fingerprint density at radius 1 is 1.36 bits per heavy atom. The maximum atomic E-state index is 14.0. The second kappa shape index (κ2) is 7.07. The van der Waals surface area contributed by atoms with Crippen molar-refractivity contribution in [1.29, 1.82) is 0 Å². The van der Waals surface area contributed by atoms with Crippen LogP contribution >= 0.6 is 11.6 Å². The molecule has 1 unspecified atom stereocenters. The van der Waals surface area contributed by atoms with Crippen LogP contribution in [0.4, 0.5) is 13.2 Å². The number of alkyl halides is 1. The van der Waals surface area contributed by atoms with Crippen molar-refractivity contribution >= 4 is 17.5 Å². The molecule has 0 saturated heterocycles. The Morgan fingerprint density at radius 2 is 2.04 bits per heavy atom. The number of hydrogen-bond acceptors (Lipinski definition) is 2. The van der Waals surface area contributed by atoms with Crippen LogP contribution in [0.3, 0.4) is 0 Å². The van der Waals surface area contributed by atoms with Gasteiger partial charge in [-0.15, -0.1) is 11.6 Å². The fourth-order valence-corrected chi connectivity index (χ4v) is 3.37. The Hall–Kier alpha value is -2.02. The molecule has 134 valence electrons. The van der Waals surface area contributed by atoms with Crippen LogP contribution < -0.4 is 0 Å². The minimum atomic E-state index is -1.01. The molecule has 1 aliphatic heterocycles. The third-order valence-electron chi connectivity index (χ3n) is 4.40. The first-order valence-corrected chi connectivity index (χ1v) is 8.44. The van der Waals surface area contributed by atoms with Gasteiger partial charge >= 0.3 is 0 Å². The number of benzene rings is 1. The van der Waals surface area contributed by atoms with Crippen molar-refractivity contribution in [2.75, 3.05) is 5.88 Å². The SMILES string of the molecule is Cc1cn2c(n1)CCC(N(Cc1c(F)cc(F)cc1F)C(=O)CCl)C2. The zero-order chi connectivity index (χ0) is 18.1. The molecular weight excluding hydrogens is 355 g/mol. The van der Waals surface area contributed by atoms with Crippen molar-refractivity contribution in [2.24, 2.45) is 0 Å². The van der Waals surface area contributed by atoms with Crippen molar-refractivity contribution in [3.63, 3.8) is 0 Å². The van der Waals surface area contributed by atoms with Gasteiger partial charge in [-0.25, -0.2) is 18.2 Å². The zero-order valence-corrected chi connectivity index (χ0v) is 14.4. The third kappa shape index (κ3) is 3.66. The molecule has 0 saturated carbocycles. The lowest BCUT2D eigenvalue weighted by Crippen LogP contribution is -2.45. The molecule has 1 amide bonds. The van der Waals surface area contributed by atoms with Crippen molar-refractivity contribution in [3.05, 3.63) is 52.9 Å². The summed E-state index contributed by atoms with van der Waals surface area (Å²) in [6.07, 6.45) is 3.15. The van der Waals surface area contributed by atoms with E-state index >= 15 is 0 Å². The van der Waals surface area contributed by atoms with Gasteiger partial charge in [0, 0.05) is 36.9 Å².